The van der Waals surface area contributed by atoms with Crippen LogP contribution in [0.15, 0.2) is 36.4 Å². The molecule has 0 spiro atoms. The maximum absolute atomic E-state index is 9.29. The summed E-state index contributed by atoms with van der Waals surface area (Å²) >= 11 is 0. The largest absolute Gasteiger partial charge is 0.392 e. The highest BCUT2D eigenvalue weighted by molar-refractivity contribution is 5.73. The van der Waals surface area contributed by atoms with Crippen LogP contribution in [0.25, 0.3) is 12.2 Å². The standard InChI is InChI=1S/C18H20O2/c1-13-15(5-3-7-17(13)11-19)9-10-16-6-4-8-18(12-20)14(16)2/h3-10,19-20H,11-12H2,1-2H3. The van der Waals surface area contributed by atoms with E-state index in [2.05, 4.69) is 12.2 Å². The van der Waals surface area contributed by atoms with E-state index in [1.807, 2.05) is 50.2 Å². The molecule has 20 heavy (non-hydrogen) atoms. The number of benzene rings is 2. The van der Waals surface area contributed by atoms with Gasteiger partial charge in [0.2, 0.25) is 0 Å². The van der Waals surface area contributed by atoms with E-state index in [-0.39, 0.29) is 13.2 Å². The van der Waals surface area contributed by atoms with Crippen LogP contribution in [0, 0.1) is 13.8 Å². The highest BCUT2D eigenvalue weighted by Gasteiger charge is 2.02. The Hall–Kier alpha value is -1.90. The highest BCUT2D eigenvalue weighted by atomic mass is 16.3. The van der Waals surface area contributed by atoms with Crippen LogP contribution in [0.3, 0.4) is 0 Å². The van der Waals surface area contributed by atoms with Crippen LogP contribution in [0.4, 0.5) is 0 Å². The number of aliphatic hydroxyl groups excluding tert-OH is 2. The summed E-state index contributed by atoms with van der Waals surface area (Å²) in [6.07, 6.45) is 4.11. The van der Waals surface area contributed by atoms with Gasteiger partial charge in [0.15, 0.2) is 0 Å². The van der Waals surface area contributed by atoms with Crippen LogP contribution < -0.4 is 0 Å². The van der Waals surface area contributed by atoms with Crippen molar-refractivity contribution in [3.63, 3.8) is 0 Å². The fourth-order valence-corrected chi connectivity index (χ4v) is 2.29. The monoisotopic (exact) mass is 268 g/mol. The van der Waals surface area contributed by atoms with E-state index < -0.39 is 0 Å². The van der Waals surface area contributed by atoms with Crippen LogP contribution in [-0.4, -0.2) is 10.2 Å². The second kappa shape index (κ2) is 6.51. The Morgan fingerprint density at radius 1 is 0.750 bits per heavy atom. The molecule has 0 saturated carbocycles. The minimum absolute atomic E-state index is 0.0620. The van der Waals surface area contributed by atoms with Gasteiger partial charge < -0.3 is 10.2 Å². The van der Waals surface area contributed by atoms with Gasteiger partial charge in [-0.2, -0.15) is 0 Å². The Bertz CT molecular complexity index is 572. The van der Waals surface area contributed by atoms with Crippen LogP contribution >= 0.6 is 0 Å². The van der Waals surface area contributed by atoms with E-state index in [4.69, 9.17) is 0 Å². The van der Waals surface area contributed by atoms with Gasteiger partial charge in [-0.15, -0.1) is 0 Å². The van der Waals surface area contributed by atoms with E-state index in [1.165, 1.54) is 0 Å². The molecule has 0 aliphatic rings. The smallest absolute Gasteiger partial charge is 0.0684 e. The third-order valence-electron chi connectivity index (χ3n) is 3.76. The molecule has 0 atom stereocenters. The zero-order valence-electron chi connectivity index (χ0n) is 11.9. The van der Waals surface area contributed by atoms with Crippen molar-refractivity contribution < 1.29 is 10.2 Å². The van der Waals surface area contributed by atoms with Crippen LogP contribution in [0.2, 0.25) is 0 Å². The summed E-state index contributed by atoms with van der Waals surface area (Å²) in [5.74, 6) is 0. The molecule has 2 heteroatoms. The van der Waals surface area contributed by atoms with E-state index in [0.717, 1.165) is 33.4 Å². The van der Waals surface area contributed by atoms with Crippen molar-refractivity contribution in [1.82, 2.24) is 0 Å². The molecular formula is C18H20O2. The van der Waals surface area contributed by atoms with Crippen molar-refractivity contribution >= 4 is 12.2 Å². The third-order valence-corrected chi connectivity index (χ3v) is 3.76. The Morgan fingerprint density at radius 2 is 1.15 bits per heavy atom. The second-order valence-corrected chi connectivity index (χ2v) is 4.91. The molecule has 0 aromatic heterocycles. The summed E-state index contributed by atoms with van der Waals surface area (Å²) in [7, 11) is 0. The van der Waals surface area contributed by atoms with Gasteiger partial charge in [-0.05, 0) is 47.2 Å². The van der Waals surface area contributed by atoms with Crippen LogP contribution in [0.5, 0.6) is 0 Å². The van der Waals surface area contributed by atoms with Gasteiger partial charge in [-0.25, -0.2) is 0 Å². The summed E-state index contributed by atoms with van der Waals surface area (Å²) in [5.41, 5.74) is 6.31. The Kier molecular flexibility index (Phi) is 4.72. The van der Waals surface area contributed by atoms with Gasteiger partial charge in [-0.1, -0.05) is 48.6 Å². The fraction of sp³-hybridized carbons (Fsp3) is 0.222. The molecular weight excluding hydrogens is 248 g/mol. The third kappa shape index (κ3) is 2.98. The van der Waals surface area contributed by atoms with Crippen molar-refractivity contribution in [3.05, 3.63) is 69.8 Å². The topological polar surface area (TPSA) is 40.5 Å². The summed E-state index contributed by atoms with van der Waals surface area (Å²) in [6.45, 7) is 4.16. The maximum atomic E-state index is 9.29. The zero-order chi connectivity index (χ0) is 14.5. The van der Waals surface area contributed by atoms with E-state index in [1.54, 1.807) is 0 Å². The first-order valence-electron chi connectivity index (χ1n) is 6.74. The Morgan fingerprint density at radius 3 is 1.50 bits per heavy atom. The Balaban J connectivity index is 2.35. The first kappa shape index (κ1) is 14.5. The lowest BCUT2D eigenvalue weighted by atomic mass is 9.99. The lowest BCUT2D eigenvalue weighted by Gasteiger charge is -2.08. The lowest BCUT2D eigenvalue weighted by molar-refractivity contribution is 0.281. The van der Waals surface area contributed by atoms with Gasteiger partial charge in [0, 0.05) is 0 Å². The van der Waals surface area contributed by atoms with E-state index in [9.17, 15) is 10.2 Å². The number of aliphatic hydroxyl groups is 2. The summed E-state index contributed by atoms with van der Waals surface area (Å²) in [6, 6.07) is 11.9. The molecule has 0 unspecified atom stereocenters. The molecule has 0 saturated heterocycles. The summed E-state index contributed by atoms with van der Waals surface area (Å²) in [4.78, 5) is 0. The van der Waals surface area contributed by atoms with Crippen LogP contribution in [0.1, 0.15) is 33.4 Å². The average molecular weight is 268 g/mol. The van der Waals surface area contributed by atoms with Gasteiger partial charge in [-0.3, -0.25) is 0 Å². The second-order valence-electron chi connectivity index (χ2n) is 4.91. The normalized spacial score (nSPS) is 11.2. The van der Waals surface area contributed by atoms with Crippen molar-refractivity contribution in [3.8, 4) is 0 Å². The first-order valence-corrected chi connectivity index (χ1v) is 6.74. The Labute approximate surface area is 120 Å². The molecule has 2 aromatic carbocycles. The molecule has 0 heterocycles. The molecule has 2 rings (SSSR count). The molecule has 0 radical (unpaired) electrons. The molecule has 2 aromatic rings. The zero-order valence-corrected chi connectivity index (χ0v) is 11.9. The summed E-state index contributed by atoms with van der Waals surface area (Å²) < 4.78 is 0. The van der Waals surface area contributed by atoms with E-state index >= 15 is 0 Å². The van der Waals surface area contributed by atoms with Gasteiger partial charge in [0.05, 0.1) is 13.2 Å². The van der Waals surface area contributed by atoms with E-state index in [0.29, 0.717) is 0 Å². The van der Waals surface area contributed by atoms with Crippen molar-refractivity contribution in [1.29, 1.82) is 0 Å². The number of hydrogen-bond donors (Lipinski definition) is 2. The average Bonchev–Trinajstić information content (AvgIpc) is 2.47. The molecule has 2 N–H and O–H groups in total. The number of hydrogen-bond acceptors (Lipinski definition) is 2. The molecule has 0 amide bonds. The highest BCUT2D eigenvalue weighted by Crippen LogP contribution is 2.19. The first-order chi connectivity index (χ1) is 9.67. The lowest BCUT2D eigenvalue weighted by Crippen LogP contribution is -1.92. The fourth-order valence-electron chi connectivity index (χ4n) is 2.29. The van der Waals surface area contributed by atoms with Crippen molar-refractivity contribution in [2.75, 3.05) is 0 Å². The predicted octanol–water partition coefficient (Wildman–Crippen LogP) is 3.46. The molecule has 2 nitrogen and oxygen atoms in total. The van der Waals surface area contributed by atoms with Gasteiger partial charge in [0.25, 0.3) is 0 Å². The molecule has 0 bridgehead atoms. The summed E-state index contributed by atoms with van der Waals surface area (Å²) in [5, 5.41) is 18.6. The van der Waals surface area contributed by atoms with Gasteiger partial charge >= 0.3 is 0 Å². The minimum atomic E-state index is 0.0620. The molecule has 104 valence electrons. The molecule has 0 aliphatic heterocycles. The molecule has 0 aliphatic carbocycles. The van der Waals surface area contributed by atoms with Crippen molar-refractivity contribution in [2.45, 2.75) is 27.1 Å². The van der Waals surface area contributed by atoms with Crippen molar-refractivity contribution in [2.24, 2.45) is 0 Å². The minimum Gasteiger partial charge on any atom is -0.392 e. The molecule has 0 fully saturated rings. The predicted molar refractivity (Wildman–Crippen MR) is 83.1 cm³/mol. The number of rotatable bonds is 4. The quantitative estimate of drug-likeness (QED) is 0.834. The SMILES string of the molecule is Cc1c(C=Cc2cccc(CO)c2C)cccc1CO. The van der Waals surface area contributed by atoms with Gasteiger partial charge in [0.1, 0.15) is 0 Å². The van der Waals surface area contributed by atoms with Crippen LogP contribution in [-0.2, 0) is 13.2 Å². The maximum Gasteiger partial charge on any atom is 0.0684 e.